The van der Waals surface area contributed by atoms with Crippen LogP contribution in [0, 0.1) is 15.9 Å². The van der Waals surface area contributed by atoms with Crippen LogP contribution in [0.15, 0.2) is 12.1 Å². The molecule has 0 spiro atoms. The first kappa shape index (κ1) is 15.8. The maximum absolute atomic E-state index is 13.9. The lowest BCUT2D eigenvalue weighted by atomic mass is 10.1. The second kappa shape index (κ2) is 6.29. The predicted molar refractivity (Wildman–Crippen MR) is 71.8 cm³/mol. The molecule has 0 aromatic heterocycles. The van der Waals surface area contributed by atoms with Crippen LogP contribution < -0.4 is 4.90 Å². The van der Waals surface area contributed by atoms with Crippen molar-refractivity contribution < 1.29 is 19.2 Å². The Morgan fingerprint density at radius 2 is 1.95 bits per heavy atom. The summed E-state index contributed by atoms with van der Waals surface area (Å²) < 4.78 is 13.9. The molecule has 0 radical (unpaired) electrons. The molecule has 0 aliphatic rings. The van der Waals surface area contributed by atoms with Crippen molar-refractivity contribution in [3.63, 3.8) is 0 Å². The van der Waals surface area contributed by atoms with Gasteiger partial charge >= 0.3 is 5.97 Å². The summed E-state index contributed by atoms with van der Waals surface area (Å²) in [5.74, 6) is -2.28. The molecule has 0 heterocycles. The number of carboxylic acids is 1. The summed E-state index contributed by atoms with van der Waals surface area (Å²) in [6, 6.07) is 1.64. The molecule has 110 valence electrons. The van der Waals surface area contributed by atoms with Crippen LogP contribution >= 0.6 is 0 Å². The van der Waals surface area contributed by atoms with Crippen molar-refractivity contribution in [3.05, 3.63) is 33.6 Å². The molecule has 7 nitrogen and oxygen atoms in total. The van der Waals surface area contributed by atoms with E-state index in [1.54, 1.807) is 7.05 Å². The number of hydrogen-bond donors (Lipinski definition) is 1. The Morgan fingerprint density at radius 1 is 1.35 bits per heavy atom. The highest BCUT2D eigenvalue weighted by Crippen LogP contribution is 2.28. The van der Waals surface area contributed by atoms with Gasteiger partial charge in [0.15, 0.2) is 5.82 Å². The molecule has 0 atom stereocenters. The van der Waals surface area contributed by atoms with Crippen molar-refractivity contribution in [1.82, 2.24) is 4.90 Å². The maximum atomic E-state index is 13.9. The Kier molecular flexibility index (Phi) is 4.98. The van der Waals surface area contributed by atoms with E-state index in [1.165, 1.54) is 4.90 Å². The van der Waals surface area contributed by atoms with Gasteiger partial charge in [-0.05, 0) is 20.2 Å². The Balaban J connectivity index is 3.18. The van der Waals surface area contributed by atoms with Crippen LogP contribution in [0.1, 0.15) is 10.4 Å². The molecule has 0 saturated heterocycles. The van der Waals surface area contributed by atoms with Gasteiger partial charge in [0.2, 0.25) is 0 Å². The lowest BCUT2D eigenvalue weighted by Gasteiger charge is -2.22. The number of nitro benzene ring substituents is 1. The van der Waals surface area contributed by atoms with Crippen molar-refractivity contribution in [2.45, 2.75) is 0 Å². The smallest absolute Gasteiger partial charge is 0.342 e. The molecule has 0 saturated carbocycles. The number of carboxylic acid groups (broad SMARTS) is 1. The minimum atomic E-state index is -1.46. The zero-order valence-electron chi connectivity index (χ0n) is 11.5. The first-order valence-corrected chi connectivity index (χ1v) is 5.81. The molecule has 1 aromatic rings. The number of aromatic carboxylic acids is 1. The van der Waals surface area contributed by atoms with E-state index in [0.29, 0.717) is 19.2 Å². The first-order valence-electron chi connectivity index (χ1n) is 5.81. The number of anilines is 1. The Bertz CT molecular complexity index is 534. The van der Waals surface area contributed by atoms with Gasteiger partial charge < -0.3 is 14.9 Å². The molecule has 0 bridgehead atoms. The fraction of sp³-hybridized carbons (Fsp3) is 0.417. The largest absolute Gasteiger partial charge is 0.477 e. The van der Waals surface area contributed by atoms with Crippen LogP contribution in [0.3, 0.4) is 0 Å². The number of halogens is 1. The molecule has 0 fully saturated rings. The predicted octanol–water partition coefficient (Wildman–Crippen LogP) is 1.43. The second-order valence-electron chi connectivity index (χ2n) is 4.61. The third-order valence-corrected chi connectivity index (χ3v) is 2.79. The van der Waals surface area contributed by atoms with E-state index in [0.717, 1.165) is 6.07 Å². The maximum Gasteiger partial charge on any atom is 0.342 e. The van der Waals surface area contributed by atoms with Gasteiger partial charge in [0.1, 0.15) is 5.56 Å². The number of nitro groups is 1. The number of carbonyl (C=O) groups is 1. The van der Waals surface area contributed by atoms with Gasteiger partial charge in [-0.1, -0.05) is 0 Å². The van der Waals surface area contributed by atoms with Gasteiger partial charge in [0.05, 0.1) is 16.7 Å². The SMILES string of the molecule is CN(C)CCN(C)c1cc(C(=O)O)c([N+](=O)[O-])cc1F. The zero-order chi connectivity index (χ0) is 15.4. The van der Waals surface area contributed by atoms with Gasteiger partial charge in [0.25, 0.3) is 5.69 Å². The van der Waals surface area contributed by atoms with Gasteiger partial charge in [-0.3, -0.25) is 10.1 Å². The highest BCUT2D eigenvalue weighted by atomic mass is 19.1. The highest BCUT2D eigenvalue weighted by molar-refractivity contribution is 5.93. The Labute approximate surface area is 115 Å². The van der Waals surface area contributed by atoms with Gasteiger partial charge in [0, 0.05) is 20.1 Å². The summed E-state index contributed by atoms with van der Waals surface area (Å²) in [6.07, 6.45) is 0. The highest BCUT2D eigenvalue weighted by Gasteiger charge is 2.24. The number of nitrogens with zero attached hydrogens (tertiary/aromatic N) is 3. The molecule has 0 aliphatic heterocycles. The summed E-state index contributed by atoms with van der Waals surface area (Å²) in [5.41, 5.74) is -1.25. The van der Waals surface area contributed by atoms with Gasteiger partial charge in [-0.25, -0.2) is 9.18 Å². The van der Waals surface area contributed by atoms with Crippen LogP contribution in [0.25, 0.3) is 0 Å². The fourth-order valence-electron chi connectivity index (χ4n) is 1.64. The topological polar surface area (TPSA) is 86.9 Å². The molecule has 0 amide bonds. The fourth-order valence-corrected chi connectivity index (χ4v) is 1.64. The third-order valence-electron chi connectivity index (χ3n) is 2.79. The van der Waals surface area contributed by atoms with Gasteiger partial charge in [-0.2, -0.15) is 0 Å². The molecule has 8 heteroatoms. The molecule has 0 aliphatic carbocycles. The van der Waals surface area contributed by atoms with E-state index >= 15 is 0 Å². The lowest BCUT2D eigenvalue weighted by molar-refractivity contribution is -0.385. The summed E-state index contributed by atoms with van der Waals surface area (Å²) in [5, 5.41) is 19.7. The summed E-state index contributed by atoms with van der Waals surface area (Å²) >= 11 is 0. The van der Waals surface area contributed by atoms with Crippen molar-refractivity contribution in [2.75, 3.05) is 39.1 Å². The number of hydrogen-bond acceptors (Lipinski definition) is 5. The van der Waals surface area contributed by atoms with Crippen LogP contribution in [0.4, 0.5) is 15.8 Å². The molecule has 1 N–H and O–H groups in total. The third kappa shape index (κ3) is 3.64. The van der Waals surface area contributed by atoms with Crippen molar-refractivity contribution in [3.8, 4) is 0 Å². The minimum absolute atomic E-state index is 0.0230. The van der Waals surface area contributed by atoms with Crippen LogP contribution in [-0.4, -0.2) is 55.1 Å². The zero-order valence-corrected chi connectivity index (χ0v) is 11.5. The Hall–Kier alpha value is -2.22. The van der Waals surface area contributed by atoms with E-state index in [-0.39, 0.29) is 5.69 Å². The van der Waals surface area contributed by atoms with E-state index < -0.39 is 28.0 Å². The average Bonchev–Trinajstić information content (AvgIpc) is 2.34. The molecule has 20 heavy (non-hydrogen) atoms. The summed E-state index contributed by atoms with van der Waals surface area (Å²) in [7, 11) is 5.30. The minimum Gasteiger partial charge on any atom is -0.477 e. The summed E-state index contributed by atoms with van der Waals surface area (Å²) in [4.78, 5) is 24.3. The van der Waals surface area contributed by atoms with E-state index in [1.807, 2.05) is 19.0 Å². The van der Waals surface area contributed by atoms with E-state index in [4.69, 9.17) is 5.11 Å². The van der Waals surface area contributed by atoms with Crippen molar-refractivity contribution in [2.24, 2.45) is 0 Å². The summed E-state index contributed by atoms with van der Waals surface area (Å²) in [6.45, 7) is 1.09. The van der Waals surface area contributed by atoms with Crippen LogP contribution in [0.2, 0.25) is 0 Å². The van der Waals surface area contributed by atoms with Gasteiger partial charge in [-0.15, -0.1) is 0 Å². The quantitative estimate of drug-likeness (QED) is 0.628. The lowest BCUT2D eigenvalue weighted by Crippen LogP contribution is -2.29. The van der Waals surface area contributed by atoms with Crippen LogP contribution in [-0.2, 0) is 0 Å². The number of likely N-dealkylation sites (N-methyl/N-ethyl adjacent to an activating group) is 2. The number of rotatable bonds is 6. The molecule has 1 aromatic carbocycles. The average molecular weight is 285 g/mol. The Morgan fingerprint density at radius 3 is 2.40 bits per heavy atom. The van der Waals surface area contributed by atoms with E-state index in [2.05, 4.69) is 0 Å². The van der Waals surface area contributed by atoms with E-state index in [9.17, 15) is 19.3 Å². The van der Waals surface area contributed by atoms with Crippen LogP contribution in [0.5, 0.6) is 0 Å². The molecule has 0 unspecified atom stereocenters. The van der Waals surface area contributed by atoms with Crippen molar-refractivity contribution in [1.29, 1.82) is 0 Å². The van der Waals surface area contributed by atoms with Crippen molar-refractivity contribution >= 4 is 17.3 Å². The monoisotopic (exact) mass is 285 g/mol. The normalized spacial score (nSPS) is 10.7. The number of benzene rings is 1. The second-order valence-corrected chi connectivity index (χ2v) is 4.61. The first-order chi connectivity index (χ1) is 9.23. The standard InChI is InChI=1S/C12H16FN3O4/c1-14(2)4-5-15(3)11-6-8(12(17)18)10(16(19)20)7-9(11)13/h6-7H,4-5H2,1-3H3,(H,17,18). The molecule has 1 rings (SSSR count). The molecular formula is C12H16FN3O4. The molecular weight excluding hydrogens is 269 g/mol.